The molecule has 2 fully saturated rings. The second kappa shape index (κ2) is 10.6. The molecule has 2 aromatic carbocycles. The van der Waals surface area contributed by atoms with E-state index in [1.54, 1.807) is 24.3 Å². The molecular formula is C26H31FN2O3. The van der Waals surface area contributed by atoms with Gasteiger partial charge in [-0.2, -0.15) is 0 Å². The number of rotatable bonds is 6. The van der Waals surface area contributed by atoms with Crippen LogP contribution in [-0.2, 0) is 11.4 Å². The maximum atomic E-state index is 13.0. The Balaban J connectivity index is 1.27. The first kappa shape index (κ1) is 22.3. The Bertz CT molecular complexity index is 917. The van der Waals surface area contributed by atoms with Crippen LogP contribution in [0.4, 0.5) is 4.39 Å². The van der Waals surface area contributed by atoms with Crippen molar-refractivity contribution in [1.82, 2.24) is 10.2 Å². The van der Waals surface area contributed by atoms with Crippen LogP contribution in [0.2, 0.25) is 0 Å². The van der Waals surface area contributed by atoms with Crippen molar-refractivity contribution in [2.75, 3.05) is 13.1 Å². The number of likely N-dealkylation sites (tertiary alicyclic amines) is 1. The topological polar surface area (TPSA) is 58.6 Å². The van der Waals surface area contributed by atoms with Crippen LogP contribution in [0.15, 0.2) is 48.5 Å². The molecule has 4 rings (SSSR count). The Morgan fingerprint density at radius 2 is 1.69 bits per heavy atom. The van der Waals surface area contributed by atoms with E-state index in [-0.39, 0.29) is 29.6 Å². The molecule has 0 unspecified atom stereocenters. The zero-order chi connectivity index (χ0) is 22.3. The molecule has 1 saturated heterocycles. The minimum atomic E-state index is -0.279. The lowest BCUT2D eigenvalue weighted by molar-refractivity contribution is -0.126. The Hall–Kier alpha value is -2.89. The molecular weight excluding hydrogens is 407 g/mol. The zero-order valence-corrected chi connectivity index (χ0v) is 18.4. The van der Waals surface area contributed by atoms with Gasteiger partial charge in [0.1, 0.15) is 18.2 Å². The molecule has 6 heteroatoms. The molecule has 1 saturated carbocycles. The fraction of sp³-hybridized carbons (Fsp3) is 0.462. The van der Waals surface area contributed by atoms with Crippen molar-refractivity contribution in [3.8, 4) is 5.75 Å². The molecule has 0 spiro atoms. The molecule has 1 N–H and O–H groups in total. The third-order valence-corrected chi connectivity index (χ3v) is 6.50. The molecule has 32 heavy (non-hydrogen) atoms. The molecule has 170 valence electrons. The van der Waals surface area contributed by atoms with Gasteiger partial charge >= 0.3 is 0 Å². The Labute approximate surface area is 188 Å². The number of piperidine rings is 1. The van der Waals surface area contributed by atoms with E-state index in [4.69, 9.17) is 4.74 Å². The van der Waals surface area contributed by atoms with E-state index < -0.39 is 0 Å². The summed E-state index contributed by atoms with van der Waals surface area (Å²) in [7, 11) is 0. The van der Waals surface area contributed by atoms with Gasteiger partial charge in [-0.1, -0.05) is 37.5 Å². The summed E-state index contributed by atoms with van der Waals surface area (Å²) in [5, 5.41) is 3.21. The van der Waals surface area contributed by atoms with Gasteiger partial charge in [-0.25, -0.2) is 4.39 Å². The van der Waals surface area contributed by atoms with Crippen molar-refractivity contribution in [3.63, 3.8) is 0 Å². The van der Waals surface area contributed by atoms with Crippen LogP contribution in [-0.4, -0.2) is 35.8 Å². The molecule has 0 bridgehead atoms. The second-order valence-electron chi connectivity index (χ2n) is 8.85. The Morgan fingerprint density at radius 3 is 2.41 bits per heavy atom. The lowest BCUT2D eigenvalue weighted by Crippen LogP contribution is -2.48. The van der Waals surface area contributed by atoms with Crippen molar-refractivity contribution in [3.05, 3.63) is 65.5 Å². The third kappa shape index (κ3) is 5.87. The number of benzene rings is 2. The standard InChI is InChI=1S/C26H31FN2O3/c27-22-11-9-19(10-12-22)18-32-24-8-4-7-21(17-24)26(31)29-15-13-23(14-16-29)28-25(30)20-5-2-1-3-6-20/h4,7-12,17,20,23H,1-3,5-6,13-16,18H2,(H,28,30). The van der Waals surface area contributed by atoms with Gasteiger partial charge in [0.25, 0.3) is 5.91 Å². The van der Waals surface area contributed by atoms with Gasteiger partial charge in [0.2, 0.25) is 5.91 Å². The number of carbonyl (C=O) groups is 2. The molecule has 2 amide bonds. The van der Waals surface area contributed by atoms with Gasteiger partial charge in [-0.3, -0.25) is 9.59 Å². The van der Waals surface area contributed by atoms with E-state index >= 15 is 0 Å². The van der Waals surface area contributed by atoms with Gasteiger partial charge in [0.05, 0.1) is 0 Å². The SMILES string of the molecule is O=C(NC1CCN(C(=O)c2cccc(OCc3ccc(F)cc3)c2)CC1)C1CCCCC1. The van der Waals surface area contributed by atoms with Crippen LogP contribution in [0.3, 0.4) is 0 Å². The number of nitrogens with zero attached hydrogens (tertiary/aromatic N) is 1. The Kier molecular flexibility index (Phi) is 7.40. The Morgan fingerprint density at radius 1 is 0.969 bits per heavy atom. The normalized spacial score (nSPS) is 17.7. The number of nitrogens with one attached hydrogen (secondary N) is 1. The van der Waals surface area contributed by atoms with Crippen molar-refractivity contribution in [2.24, 2.45) is 5.92 Å². The van der Waals surface area contributed by atoms with Crippen LogP contribution in [0.1, 0.15) is 60.9 Å². The number of ether oxygens (including phenoxy) is 1. The molecule has 5 nitrogen and oxygen atoms in total. The molecule has 0 atom stereocenters. The van der Waals surface area contributed by atoms with Crippen LogP contribution in [0.25, 0.3) is 0 Å². The highest BCUT2D eigenvalue weighted by atomic mass is 19.1. The highest BCUT2D eigenvalue weighted by Crippen LogP contribution is 2.25. The highest BCUT2D eigenvalue weighted by Gasteiger charge is 2.27. The van der Waals surface area contributed by atoms with E-state index in [0.29, 0.717) is 31.0 Å². The molecule has 1 aliphatic heterocycles. The molecule has 1 heterocycles. The number of carbonyl (C=O) groups excluding carboxylic acids is 2. The lowest BCUT2D eigenvalue weighted by atomic mass is 9.88. The highest BCUT2D eigenvalue weighted by molar-refractivity contribution is 5.94. The number of amides is 2. The summed E-state index contributed by atoms with van der Waals surface area (Å²) in [6, 6.07) is 13.5. The summed E-state index contributed by atoms with van der Waals surface area (Å²) in [6.45, 7) is 1.58. The minimum Gasteiger partial charge on any atom is -0.489 e. The van der Waals surface area contributed by atoms with Crippen LogP contribution >= 0.6 is 0 Å². The van der Waals surface area contributed by atoms with Crippen molar-refractivity contribution in [1.29, 1.82) is 0 Å². The lowest BCUT2D eigenvalue weighted by Gasteiger charge is -2.33. The summed E-state index contributed by atoms with van der Waals surface area (Å²) >= 11 is 0. The first-order chi connectivity index (χ1) is 15.6. The molecule has 0 radical (unpaired) electrons. The molecule has 2 aliphatic rings. The van der Waals surface area contributed by atoms with Gasteiger partial charge in [-0.15, -0.1) is 0 Å². The second-order valence-corrected chi connectivity index (χ2v) is 8.85. The monoisotopic (exact) mass is 438 g/mol. The van der Waals surface area contributed by atoms with Gasteiger partial charge in [0.15, 0.2) is 0 Å². The van der Waals surface area contributed by atoms with Gasteiger partial charge in [-0.05, 0) is 61.6 Å². The predicted octanol–water partition coefficient (Wildman–Crippen LogP) is 4.71. The number of halogens is 1. The van der Waals surface area contributed by atoms with Crippen LogP contribution < -0.4 is 10.1 Å². The molecule has 2 aromatic rings. The van der Waals surface area contributed by atoms with E-state index in [1.165, 1.54) is 18.6 Å². The minimum absolute atomic E-state index is 0.0192. The largest absolute Gasteiger partial charge is 0.489 e. The predicted molar refractivity (Wildman–Crippen MR) is 121 cm³/mol. The molecule has 1 aliphatic carbocycles. The number of hydrogen-bond donors (Lipinski definition) is 1. The smallest absolute Gasteiger partial charge is 0.253 e. The van der Waals surface area contributed by atoms with Gasteiger partial charge in [0, 0.05) is 30.6 Å². The summed E-state index contributed by atoms with van der Waals surface area (Å²) in [4.78, 5) is 27.3. The van der Waals surface area contributed by atoms with Crippen molar-refractivity contribution in [2.45, 2.75) is 57.6 Å². The average molecular weight is 439 g/mol. The van der Waals surface area contributed by atoms with Gasteiger partial charge < -0.3 is 15.0 Å². The van der Waals surface area contributed by atoms with E-state index in [9.17, 15) is 14.0 Å². The maximum Gasteiger partial charge on any atom is 0.253 e. The first-order valence-electron chi connectivity index (χ1n) is 11.7. The zero-order valence-electron chi connectivity index (χ0n) is 18.4. The van der Waals surface area contributed by atoms with E-state index in [2.05, 4.69) is 5.32 Å². The summed E-state index contributed by atoms with van der Waals surface area (Å²) < 4.78 is 18.8. The van der Waals surface area contributed by atoms with Crippen LogP contribution in [0.5, 0.6) is 5.75 Å². The van der Waals surface area contributed by atoms with E-state index in [0.717, 1.165) is 44.1 Å². The summed E-state index contributed by atoms with van der Waals surface area (Å²) in [5.41, 5.74) is 1.45. The molecule has 0 aromatic heterocycles. The van der Waals surface area contributed by atoms with Crippen molar-refractivity contribution < 1.29 is 18.7 Å². The fourth-order valence-electron chi connectivity index (χ4n) is 4.56. The third-order valence-electron chi connectivity index (χ3n) is 6.50. The number of hydrogen-bond acceptors (Lipinski definition) is 3. The average Bonchev–Trinajstić information content (AvgIpc) is 2.84. The fourth-order valence-corrected chi connectivity index (χ4v) is 4.56. The maximum absolute atomic E-state index is 13.0. The summed E-state index contributed by atoms with van der Waals surface area (Å²) in [5.74, 6) is 0.671. The first-order valence-corrected chi connectivity index (χ1v) is 11.7. The van der Waals surface area contributed by atoms with Crippen LogP contribution in [0, 0.1) is 11.7 Å². The van der Waals surface area contributed by atoms with Crippen molar-refractivity contribution >= 4 is 11.8 Å². The van der Waals surface area contributed by atoms with E-state index in [1.807, 2.05) is 17.0 Å². The quantitative estimate of drug-likeness (QED) is 0.711. The summed E-state index contributed by atoms with van der Waals surface area (Å²) in [6.07, 6.45) is 7.11.